The summed E-state index contributed by atoms with van der Waals surface area (Å²) in [4.78, 5) is 21.0. The number of benzene rings is 1. The predicted octanol–water partition coefficient (Wildman–Crippen LogP) is 0.743. The highest BCUT2D eigenvalue weighted by Gasteiger charge is 2.21. The van der Waals surface area contributed by atoms with E-state index in [4.69, 9.17) is 0 Å². The molecule has 1 fully saturated rings. The first-order chi connectivity index (χ1) is 14.7. The fraction of sp³-hybridized carbons (Fsp3) is 0.333. The first kappa shape index (κ1) is 19.7. The van der Waals surface area contributed by atoms with Crippen molar-refractivity contribution in [2.24, 2.45) is 4.99 Å². The second-order valence-corrected chi connectivity index (χ2v) is 7.03. The minimum absolute atomic E-state index is 0.0681. The number of hydrogen-bond donors (Lipinski definition) is 2. The van der Waals surface area contributed by atoms with Crippen molar-refractivity contribution >= 4 is 23.2 Å². The second kappa shape index (κ2) is 9.25. The van der Waals surface area contributed by atoms with Crippen LogP contribution >= 0.6 is 0 Å². The third kappa shape index (κ3) is 4.51. The van der Waals surface area contributed by atoms with Crippen molar-refractivity contribution in [2.75, 3.05) is 44.7 Å². The molecule has 9 nitrogen and oxygen atoms in total. The molecule has 3 heterocycles. The van der Waals surface area contributed by atoms with E-state index in [0.717, 1.165) is 24.6 Å². The van der Waals surface area contributed by atoms with Gasteiger partial charge in [0.25, 0.3) is 0 Å². The van der Waals surface area contributed by atoms with Gasteiger partial charge in [0.05, 0.1) is 13.1 Å². The highest BCUT2D eigenvalue weighted by atomic mass is 16.2. The average Bonchev–Trinajstić information content (AvgIpc) is 3.23. The van der Waals surface area contributed by atoms with Crippen molar-refractivity contribution < 1.29 is 4.79 Å². The molecule has 156 valence electrons. The van der Waals surface area contributed by atoms with Gasteiger partial charge in [0.15, 0.2) is 17.4 Å². The molecule has 1 aliphatic heterocycles. The second-order valence-electron chi connectivity index (χ2n) is 7.03. The smallest absolute Gasteiger partial charge is 0.242 e. The molecule has 0 unspecified atom stereocenters. The maximum atomic E-state index is 12.6. The van der Waals surface area contributed by atoms with Crippen molar-refractivity contribution in [1.82, 2.24) is 30.1 Å². The van der Waals surface area contributed by atoms with Crippen LogP contribution in [0.3, 0.4) is 0 Å². The summed E-state index contributed by atoms with van der Waals surface area (Å²) >= 11 is 0. The lowest BCUT2D eigenvalue weighted by molar-refractivity contribution is -0.130. The topological polar surface area (TPSA) is 90.2 Å². The lowest BCUT2D eigenvalue weighted by atomic mass is 10.2. The number of anilines is 1. The average molecular weight is 406 g/mol. The van der Waals surface area contributed by atoms with E-state index in [1.54, 1.807) is 7.05 Å². The number of para-hydroxylation sites is 1. The summed E-state index contributed by atoms with van der Waals surface area (Å²) in [5.41, 5.74) is 2.00. The zero-order valence-corrected chi connectivity index (χ0v) is 17.0. The molecule has 0 aliphatic carbocycles. The number of piperazine rings is 1. The highest BCUT2D eigenvalue weighted by Crippen LogP contribution is 2.15. The maximum Gasteiger partial charge on any atom is 0.242 e. The monoisotopic (exact) mass is 406 g/mol. The summed E-state index contributed by atoms with van der Waals surface area (Å²) in [6, 6.07) is 16.1. The highest BCUT2D eigenvalue weighted by molar-refractivity contribution is 5.86. The molecule has 3 aromatic rings. The number of aliphatic imine (C=N–C) groups is 1. The third-order valence-electron chi connectivity index (χ3n) is 5.18. The number of guanidine groups is 1. The van der Waals surface area contributed by atoms with Gasteiger partial charge in [-0.3, -0.25) is 14.2 Å². The molecule has 1 amide bonds. The Balaban J connectivity index is 1.24. The van der Waals surface area contributed by atoms with Crippen LogP contribution in [0, 0.1) is 0 Å². The molecule has 0 atom stereocenters. The molecule has 30 heavy (non-hydrogen) atoms. The Labute approximate surface area is 175 Å². The summed E-state index contributed by atoms with van der Waals surface area (Å²) in [5.74, 6) is 1.40. The van der Waals surface area contributed by atoms with Crippen molar-refractivity contribution in [3.63, 3.8) is 0 Å². The van der Waals surface area contributed by atoms with Gasteiger partial charge >= 0.3 is 0 Å². The lowest BCUT2D eigenvalue weighted by Crippen LogP contribution is -2.52. The molecule has 0 bridgehead atoms. The molecule has 0 spiro atoms. The molecular formula is C21H26N8O. The largest absolute Gasteiger partial charge is 0.368 e. The predicted molar refractivity (Wildman–Crippen MR) is 116 cm³/mol. The third-order valence-corrected chi connectivity index (χ3v) is 5.18. The van der Waals surface area contributed by atoms with E-state index in [1.807, 2.05) is 51.9 Å². The quantitative estimate of drug-likeness (QED) is 0.480. The molecule has 1 saturated heterocycles. The summed E-state index contributed by atoms with van der Waals surface area (Å²) in [6.45, 7) is 3.76. The standard InChI is InChI=1S/C21H26N8O/c1-22-21(23-15-19-26-25-18-9-5-6-10-29(18)19)24-16-20(30)28-13-11-27(12-14-28)17-7-3-2-4-8-17/h2-10H,11-16H2,1H3,(H2,22,23,24). The number of pyridine rings is 1. The van der Waals surface area contributed by atoms with E-state index >= 15 is 0 Å². The van der Waals surface area contributed by atoms with Gasteiger partial charge < -0.3 is 20.4 Å². The van der Waals surface area contributed by atoms with E-state index in [0.29, 0.717) is 25.6 Å². The van der Waals surface area contributed by atoms with Crippen LogP contribution < -0.4 is 15.5 Å². The molecule has 4 rings (SSSR count). The van der Waals surface area contributed by atoms with Crippen LogP contribution in [0.15, 0.2) is 59.7 Å². The van der Waals surface area contributed by atoms with Crippen molar-refractivity contribution in [2.45, 2.75) is 6.54 Å². The van der Waals surface area contributed by atoms with Crippen LogP contribution in [-0.4, -0.2) is 71.1 Å². The maximum absolute atomic E-state index is 12.6. The van der Waals surface area contributed by atoms with Gasteiger partial charge in [-0.1, -0.05) is 24.3 Å². The zero-order chi connectivity index (χ0) is 20.8. The molecular weight excluding hydrogens is 380 g/mol. The molecule has 2 N–H and O–H groups in total. The molecule has 0 radical (unpaired) electrons. The van der Waals surface area contributed by atoms with E-state index in [9.17, 15) is 4.79 Å². The Hall–Kier alpha value is -3.62. The van der Waals surface area contributed by atoms with Gasteiger partial charge in [0.2, 0.25) is 5.91 Å². The van der Waals surface area contributed by atoms with Crippen LogP contribution in [0.5, 0.6) is 0 Å². The van der Waals surface area contributed by atoms with E-state index in [2.05, 4.69) is 42.9 Å². The molecule has 2 aromatic heterocycles. The Morgan fingerprint density at radius 3 is 2.53 bits per heavy atom. The van der Waals surface area contributed by atoms with E-state index < -0.39 is 0 Å². The van der Waals surface area contributed by atoms with E-state index in [1.165, 1.54) is 5.69 Å². The van der Waals surface area contributed by atoms with Crippen LogP contribution in [0.25, 0.3) is 5.65 Å². The Morgan fingerprint density at radius 2 is 1.77 bits per heavy atom. The van der Waals surface area contributed by atoms with Crippen LogP contribution in [0.2, 0.25) is 0 Å². The molecule has 1 aliphatic rings. The summed E-state index contributed by atoms with van der Waals surface area (Å²) < 4.78 is 1.91. The summed E-state index contributed by atoms with van der Waals surface area (Å²) in [5, 5.41) is 14.6. The Bertz CT molecular complexity index is 1010. The van der Waals surface area contributed by atoms with Crippen molar-refractivity contribution in [3.8, 4) is 0 Å². The number of carbonyl (C=O) groups is 1. The first-order valence-electron chi connectivity index (χ1n) is 10.1. The number of carbonyl (C=O) groups excluding carboxylic acids is 1. The van der Waals surface area contributed by atoms with Gasteiger partial charge in [-0.15, -0.1) is 10.2 Å². The minimum Gasteiger partial charge on any atom is -0.368 e. The fourth-order valence-electron chi connectivity index (χ4n) is 3.52. The first-order valence-corrected chi connectivity index (χ1v) is 10.1. The van der Waals surface area contributed by atoms with Gasteiger partial charge in [-0.2, -0.15) is 0 Å². The minimum atomic E-state index is 0.0681. The molecule has 0 saturated carbocycles. The van der Waals surface area contributed by atoms with Crippen LogP contribution in [0.1, 0.15) is 5.82 Å². The Morgan fingerprint density at radius 1 is 1.00 bits per heavy atom. The zero-order valence-electron chi connectivity index (χ0n) is 17.0. The van der Waals surface area contributed by atoms with Crippen molar-refractivity contribution in [1.29, 1.82) is 0 Å². The van der Waals surface area contributed by atoms with Crippen molar-refractivity contribution in [3.05, 3.63) is 60.6 Å². The SMILES string of the molecule is CN=C(NCC(=O)N1CCN(c2ccccc2)CC1)NCc1nnc2ccccn12. The number of fused-ring (bicyclic) bond motifs is 1. The number of rotatable bonds is 5. The van der Waals surface area contributed by atoms with Crippen LogP contribution in [-0.2, 0) is 11.3 Å². The van der Waals surface area contributed by atoms with E-state index in [-0.39, 0.29) is 12.5 Å². The Kier molecular flexibility index (Phi) is 6.07. The van der Waals surface area contributed by atoms with Gasteiger partial charge in [-0.05, 0) is 24.3 Å². The normalized spacial score (nSPS) is 14.8. The summed E-state index contributed by atoms with van der Waals surface area (Å²) in [6.07, 6.45) is 1.92. The van der Waals surface area contributed by atoms with Gasteiger partial charge in [0.1, 0.15) is 0 Å². The number of nitrogens with zero attached hydrogens (tertiary/aromatic N) is 6. The number of nitrogens with one attached hydrogen (secondary N) is 2. The fourth-order valence-corrected chi connectivity index (χ4v) is 3.52. The summed E-state index contributed by atoms with van der Waals surface area (Å²) in [7, 11) is 1.68. The number of aromatic nitrogens is 3. The lowest BCUT2D eigenvalue weighted by Gasteiger charge is -2.36. The molecule has 9 heteroatoms. The van der Waals surface area contributed by atoms with Gasteiger partial charge in [-0.25, -0.2) is 0 Å². The molecule has 1 aromatic carbocycles. The van der Waals surface area contributed by atoms with Gasteiger partial charge in [0, 0.05) is 45.1 Å². The number of amides is 1. The van der Waals surface area contributed by atoms with Crippen LogP contribution in [0.4, 0.5) is 5.69 Å². The number of hydrogen-bond acceptors (Lipinski definition) is 5.